The summed E-state index contributed by atoms with van der Waals surface area (Å²) in [6.07, 6.45) is -0.228. The van der Waals surface area contributed by atoms with Gasteiger partial charge in [-0.2, -0.15) is 4.98 Å². The highest BCUT2D eigenvalue weighted by Crippen LogP contribution is 2.30. The lowest BCUT2D eigenvalue weighted by Gasteiger charge is -2.22. The van der Waals surface area contributed by atoms with E-state index >= 15 is 0 Å². The first kappa shape index (κ1) is 23.9. The van der Waals surface area contributed by atoms with Gasteiger partial charge in [0.2, 0.25) is 5.95 Å². The fourth-order valence-electron chi connectivity index (χ4n) is 4.04. The van der Waals surface area contributed by atoms with Crippen LogP contribution < -0.4 is 10.1 Å². The van der Waals surface area contributed by atoms with Crippen LogP contribution in [-0.4, -0.2) is 50.7 Å². The van der Waals surface area contributed by atoms with E-state index in [0.717, 1.165) is 30.1 Å². The molecule has 11 heteroatoms. The highest BCUT2D eigenvalue weighted by molar-refractivity contribution is 7.84. The van der Waals surface area contributed by atoms with Crippen LogP contribution in [0, 0.1) is 11.3 Å². The van der Waals surface area contributed by atoms with Crippen LogP contribution in [0.15, 0.2) is 53.7 Å². The van der Waals surface area contributed by atoms with Crippen LogP contribution >= 0.6 is 12.6 Å². The second-order valence-corrected chi connectivity index (χ2v) is 8.77. The summed E-state index contributed by atoms with van der Waals surface area (Å²) in [6, 6.07) is 9.44. The minimum absolute atomic E-state index is 0.104. The maximum atomic E-state index is 12.4. The number of alkyl halides is 3. The van der Waals surface area contributed by atoms with Crippen molar-refractivity contribution < 1.29 is 17.9 Å². The molecule has 7 nitrogen and oxygen atoms in total. The summed E-state index contributed by atoms with van der Waals surface area (Å²) in [4.78, 5) is 6.80. The molecule has 180 valence electrons. The Kier molecular flexibility index (Phi) is 6.74. The molecular formula is C23H25F3N6OS. The predicted octanol–water partition coefficient (Wildman–Crippen LogP) is 5.23. The van der Waals surface area contributed by atoms with Gasteiger partial charge in [0.15, 0.2) is 5.65 Å². The number of rotatable bonds is 7. The summed E-state index contributed by atoms with van der Waals surface area (Å²) in [5.74, 6) is 0.558. The molecule has 2 unspecified atom stereocenters. The molecule has 2 aromatic heterocycles. The molecule has 1 aromatic carbocycles. The number of anilines is 1. The van der Waals surface area contributed by atoms with Crippen LogP contribution in [0.4, 0.5) is 19.1 Å². The van der Waals surface area contributed by atoms with E-state index in [1.165, 1.54) is 12.1 Å². The number of ether oxygens (including phenoxy) is 1. The topological polar surface area (TPSA) is 78.5 Å². The highest BCUT2D eigenvalue weighted by Gasteiger charge is 2.31. The third kappa shape index (κ3) is 5.64. The summed E-state index contributed by atoms with van der Waals surface area (Å²) in [6.45, 7) is 5.50. The minimum atomic E-state index is -4.73. The van der Waals surface area contributed by atoms with Crippen molar-refractivity contribution in [2.75, 3.05) is 18.4 Å². The van der Waals surface area contributed by atoms with E-state index in [2.05, 4.69) is 44.6 Å². The van der Waals surface area contributed by atoms with Gasteiger partial charge in [-0.05, 0) is 62.1 Å². The number of fused-ring (bicyclic) bond motifs is 1. The first-order valence-corrected chi connectivity index (χ1v) is 11.2. The zero-order chi connectivity index (χ0) is 24.5. The summed E-state index contributed by atoms with van der Waals surface area (Å²) in [7, 11) is 0. The van der Waals surface area contributed by atoms with Crippen molar-refractivity contribution in [2.24, 2.45) is 5.92 Å². The van der Waals surface area contributed by atoms with Crippen LogP contribution in [0.2, 0.25) is 0 Å². The summed E-state index contributed by atoms with van der Waals surface area (Å²) in [5, 5.41) is 16.3. The predicted molar refractivity (Wildman–Crippen MR) is 128 cm³/mol. The Morgan fingerprint density at radius 2 is 2.03 bits per heavy atom. The number of nitrogens with zero attached hydrogens (tertiary/aromatic N) is 4. The number of pyridine rings is 1. The molecule has 4 rings (SSSR count). The highest BCUT2D eigenvalue weighted by atomic mass is 32.1. The Balaban J connectivity index is 1.48. The third-order valence-electron chi connectivity index (χ3n) is 5.72. The van der Waals surface area contributed by atoms with E-state index in [-0.39, 0.29) is 11.8 Å². The van der Waals surface area contributed by atoms with Gasteiger partial charge in [0.25, 0.3) is 0 Å². The largest absolute Gasteiger partial charge is 0.573 e. The van der Waals surface area contributed by atoms with Gasteiger partial charge < -0.3 is 20.4 Å². The smallest absolute Gasteiger partial charge is 0.406 e. The van der Waals surface area contributed by atoms with E-state index in [1.807, 2.05) is 12.1 Å². The summed E-state index contributed by atoms with van der Waals surface area (Å²) in [5.41, 5.74) is 2.50. The van der Waals surface area contributed by atoms with Gasteiger partial charge in [-0.1, -0.05) is 12.1 Å². The summed E-state index contributed by atoms with van der Waals surface area (Å²) >= 11 is 4.51. The standard InChI is InChI=1S/C23H25F3N6OS/c1-14(27)12-20(34)31-11-9-17(13-31)15(2)28-22-29-21-19(4-3-10-32(21)30-22)16-5-7-18(8-6-16)33-23(24,25)26/h3-8,10,12,15,17,27,34H,9,11,13H2,1-2H3,(H,28,30)/b20-12-,27-14?. The first-order chi connectivity index (χ1) is 16.1. The van der Waals surface area contributed by atoms with E-state index < -0.39 is 6.36 Å². The third-order valence-corrected chi connectivity index (χ3v) is 6.13. The van der Waals surface area contributed by atoms with Crippen LogP contribution in [0.1, 0.15) is 20.3 Å². The molecule has 34 heavy (non-hydrogen) atoms. The molecule has 1 fully saturated rings. The van der Waals surface area contributed by atoms with Crippen molar-refractivity contribution in [1.29, 1.82) is 5.41 Å². The van der Waals surface area contributed by atoms with E-state index in [4.69, 9.17) is 5.41 Å². The number of benzene rings is 1. The van der Waals surface area contributed by atoms with Crippen molar-refractivity contribution in [3.63, 3.8) is 0 Å². The minimum Gasteiger partial charge on any atom is -0.406 e. The molecule has 1 aliphatic rings. The normalized spacial score (nSPS) is 17.8. The number of allylic oxidation sites excluding steroid dienone is 1. The molecule has 0 bridgehead atoms. The number of thiol groups is 1. The van der Waals surface area contributed by atoms with Gasteiger partial charge in [-0.15, -0.1) is 30.9 Å². The van der Waals surface area contributed by atoms with Gasteiger partial charge >= 0.3 is 6.36 Å². The van der Waals surface area contributed by atoms with Gasteiger partial charge in [-0.25, -0.2) is 4.52 Å². The molecule has 3 aromatic rings. The van der Waals surface area contributed by atoms with E-state index in [1.54, 1.807) is 35.8 Å². The average molecular weight is 491 g/mol. The monoisotopic (exact) mass is 490 g/mol. The fourth-order valence-corrected chi connectivity index (χ4v) is 4.41. The zero-order valence-corrected chi connectivity index (χ0v) is 19.6. The van der Waals surface area contributed by atoms with Gasteiger partial charge in [-0.3, -0.25) is 0 Å². The lowest BCUT2D eigenvalue weighted by Crippen LogP contribution is -2.29. The number of nitrogens with one attached hydrogen (secondary N) is 2. The van der Waals surface area contributed by atoms with Crippen molar-refractivity contribution in [3.05, 3.63) is 53.7 Å². The molecule has 1 saturated heterocycles. The molecular weight excluding hydrogens is 465 g/mol. The lowest BCUT2D eigenvalue weighted by atomic mass is 10.0. The van der Waals surface area contributed by atoms with Crippen LogP contribution in [0.5, 0.6) is 5.75 Å². The molecule has 2 N–H and O–H groups in total. The quantitative estimate of drug-likeness (QED) is 0.312. The molecule has 2 atom stereocenters. The van der Waals surface area contributed by atoms with Crippen LogP contribution in [-0.2, 0) is 0 Å². The Labute approximate surface area is 200 Å². The molecule has 0 spiro atoms. The lowest BCUT2D eigenvalue weighted by molar-refractivity contribution is -0.274. The van der Waals surface area contributed by atoms with Gasteiger partial charge in [0.05, 0.1) is 5.03 Å². The van der Waals surface area contributed by atoms with Crippen LogP contribution in [0.3, 0.4) is 0 Å². The van der Waals surface area contributed by atoms with Crippen LogP contribution in [0.25, 0.3) is 16.8 Å². The second kappa shape index (κ2) is 9.57. The average Bonchev–Trinajstić information content (AvgIpc) is 3.39. The van der Waals surface area contributed by atoms with Gasteiger partial charge in [0.1, 0.15) is 5.75 Å². The van der Waals surface area contributed by atoms with E-state index in [9.17, 15) is 13.2 Å². The zero-order valence-electron chi connectivity index (χ0n) is 18.7. The fraction of sp³-hybridized carbons (Fsp3) is 0.348. The van der Waals surface area contributed by atoms with Crippen molar-refractivity contribution in [3.8, 4) is 16.9 Å². The molecule has 0 saturated carbocycles. The van der Waals surface area contributed by atoms with Crippen molar-refractivity contribution in [2.45, 2.75) is 32.7 Å². The van der Waals surface area contributed by atoms with Gasteiger partial charge in [0, 0.05) is 36.6 Å². The molecule has 0 amide bonds. The summed E-state index contributed by atoms with van der Waals surface area (Å²) < 4.78 is 42.9. The SMILES string of the molecule is CC(=N)/C=C(\S)N1CCC(C(C)Nc2nc3c(-c4ccc(OC(F)(F)F)cc4)cccn3n2)C1. The molecule has 0 radical (unpaired) electrons. The number of hydrogen-bond donors (Lipinski definition) is 3. The Bertz CT molecular complexity index is 1210. The van der Waals surface area contributed by atoms with E-state index in [0.29, 0.717) is 28.8 Å². The maximum Gasteiger partial charge on any atom is 0.573 e. The maximum absolute atomic E-state index is 12.4. The van der Waals surface area contributed by atoms with Crippen molar-refractivity contribution >= 4 is 29.9 Å². The molecule has 0 aliphatic carbocycles. The second-order valence-electron chi connectivity index (χ2n) is 8.31. The Morgan fingerprint density at radius 1 is 1.29 bits per heavy atom. The number of aromatic nitrogens is 3. The Morgan fingerprint density at radius 3 is 2.71 bits per heavy atom. The first-order valence-electron chi connectivity index (χ1n) is 10.8. The number of hydrogen-bond acceptors (Lipinski definition) is 7. The molecule has 1 aliphatic heterocycles. The number of halogens is 3. The number of likely N-dealkylation sites (tertiary alicyclic amines) is 1. The molecule has 3 heterocycles. The van der Waals surface area contributed by atoms with Crippen molar-refractivity contribution in [1.82, 2.24) is 19.5 Å². The Hall–Kier alpha value is -3.21.